The smallest absolute Gasteiger partial charge is 0.319 e. The number of aromatic nitrogens is 2. The Bertz CT molecular complexity index is 1440. The number of ether oxygens (including phenoxy) is 2. The molecule has 3 aromatic rings. The molecule has 4 heterocycles. The molecule has 9 nitrogen and oxygen atoms in total. The van der Waals surface area contributed by atoms with Gasteiger partial charge < -0.3 is 24.4 Å². The molecule has 3 aliphatic rings. The van der Waals surface area contributed by atoms with Crippen LogP contribution in [0.4, 0.5) is 15.9 Å². The molecule has 1 amide bonds. The number of rotatable bonds is 6. The van der Waals surface area contributed by atoms with Gasteiger partial charge in [-0.25, -0.2) is 4.39 Å². The molecule has 0 aliphatic carbocycles. The van der Waals surface area contributed by atoms with Gasteiger partial charge in [0.2, 0.25) is 0 Å². The van der Waals surface area contributed by atoms with Crippen LogP contribution in [0, 0.1) is 5.82 Å². The molecule has 6 rings (SSSR count). The number of phenols is 1. The van der Waals surface area contributed by atoms with Crippen LogP contribution in [0.5, 0.6) is 11.8 Å². The zero-order valence-electron chi connectivity index (χ0n) is 23.3. The number of hydrogen-bond acceptors (Lipinski definition) is 8. The fourth-order valence-corrected chi connectivity index (χ4v) is 6.40. The number of amides is 1. The molecule has 0 saturated carbocycles. The number of likely N-dealkylation sites (tertiary alicyclic amines) is 1. The molecule has 1 N–H and O–H groups in total. The number of nitrogens with zero attached hydrogens (tertiary/aromatic N) is 5. The largest absolute Gasteiger partial charge is 0.508 e. The maximum absolute atomic E-state index is 14.9. The summed E-state index contributed by atoms with van der Waals surface area (Å²) in [5.74, 6) is -0.0630. The first kappa shape index (κ1) is 26.7. The van der Waals surface area contributed by atoms with Gasteiger partial charge in [-0.2, -0.15) is 9.97 Å². The predicted molar refractivity (Wildman–Crippen MR) is 151 cm³/mol. The average Bonchev–Trinajstić information content (AvgIpc) is 3.39. The number of hydrogen-bond donors (Lipinski definition) is 1. The number of aromatic hydroxyl groups is 1. The van der Waals surface area contributed by atoms with Gasteiger partial charge in [-0.05, 0) is 69.3 Å². The van der Waals surface area contributed by atoms with E-state index in [2.05, 4.69) is 16.8 Å². The second-order valence-corrected chi connectivity index (χ2v) is 11.0. The lowest BCUT2D eigenvalue weighted by Crippen LogP contribution is -2.38. The lowest BCUT2D eigenvalue weighted by atomic mass is 9.99. The van der Waals surface area contributed by atoms with Crippen LogP contribution in [0.2, 0.25) is 0 Å². The summed E-state index contributed by atoms with van der Waals surface area (Å²) in [4.78, 5) is 29.7. The van der Waals surface area contributed by atoms with E-state index in [1.807, 2.05) is 13.8 Å². The maximum atomic E-state index is 14.9. The lowest BCUT2D eigenvalue weighted by molar-refractivity contribution is 0.0996. The first-order valence-corrected chi connectivity index (χ1v) is 14.2. The van der Waals surface area contributed by atoms with E-state index in [1.165, 1.54) is 12.1 Å². The lowest BCUT2D eigenvalue weighted by Gasteiger charge is -2.27. The highest BCUT2D eigenvalue weighted by molar-refractivity contribution is 6.16. The van der Waals surface area contributed by atoms with Gasteiger partial charge in [-0.3, -0.25) is 9.69 Å². The molecule has 0 spiro atoms. The minimum Gasteiger partial charge on any atom is -0.508 e. The van der Waals surface area contributed by atoms with Gasteiger partial charge in [0.15, 0.2) is 0 Å². The normalized spacial score (nSPS) is 20.7. The van der Waals surface area contributed by atoms with Gasteiger partial charge in [0.05, 0.1) is 24.5 Å². The molecule has 0 bridgehead atoms. The van der Waals surface area contributed by atoms with Gasteiger partial charge in [-0.15, -0.1) is 0 Å². The van der Waals surface area contributed by atoms with E-state index >= 15 is 0 Å². The van der Waals surface area contributed by atoms with Crippen molar-refractivity contribution in [1.29, 1.82) is 0 Å². The SMILES string of the molecule is CCc1c(F)ccc2cc(O)cc(N3Cc4nc(OC(C)[C@@H]5CCCN5C)nc(N5CCCOCC5)c4C3=O)c12. The second-order valence-electron chi connectivity index (χ2n) is 11.0. The average molecular weight is 550 g/mol. The van der Waals surface area contributed by atoms with E-state index in [0.717, 1.165) is 25.8 Å². The van der Waals surface area contributed by atoms with Crippen molar-refractivity contribution in [3.63, 3.8) is 0 Å². The second kappa shape index (κ2) is 10.8. The minimum atomic E-state index is -0.335. The molecule has 10 heteroatoms. The Labute approximate surface area is 233 Å². The zero-order chi connectivity index (χ0) is 28.0. The summed E-state index contributed by atoms with van der Waals surface area (Å²) in [7, 11) is 2.10. The van der Waals surface area contributed by atoms with E-state index in [4.69, 9.17) is 19.4 Å². The summed E-state index contributed by atoms with van der Waals surface area (Å²) in [5, 5.41) is 11.9. The van der Waals surface area contributed by atoms with Crippen LogP contribution < -0.4 is 14.5 Å². The van der Waals surface area contributed by atoms with E-state index in [9.17, 15) is 14.3 Å². The third-order valence-electron chi connectivity index (χ3n) is 8.42. The Kier molecular flexibility index (Phi) is 7.22. The molecule has 0 radical (unpaired) electrons. The third-order valence-corrected chi connectivity index (χ3v) is 8.42. The van der Waals surface area contributed by atoms with Crippen molar-refractivity contribution in [3.05, 3.63) is 46.9 Å². The van der Waals surface area contributed by atoms with Gasteiger partial charge in [0.25, 0.3) is 5.91 Å². The van der Waals surface area contributed by atoms with Gasteiger partial charge in [-0.1, -0.05) is 13.0 Å². The Morgan fingerprint density at radius 3 is 2.80 bits per heavy atom. The minimum absolute atomic E-state index is 0.00872. The van der Waals surface area contributed by atoms with Crippen molar-refractivity contribution in [3.8, 4) is 11.8 Å². The summed E-state index contributed by atoms with van der Waals surface area (Å²) >= 11 is 0. The third kappa shape index (κ3) is 4.73. The van der Waals surface area contributed by atoms with E-state index < -0.39 is 0 Å². The summed E-state index contributed by atoms with van der Waals surface area (Å²) in [6.07, 6.45) is 3.31. The number of carbonyl (C=O) groups excluding carboxylic acids is 1. The molecule has 2 aromatic carbocycles. The van der Waals surface area contributed by atoms with E-state index in [-0.39, 0.29) is 42.2 Å². The van der Waals surface area contributed by atoms with Crippen LogP contribution in [-0.2, 0) is 17.7 Å². The quantitative estimate of drug-likeness (QED) is 0.487. The number of aryl methyl sites for hydroxylation is 1. The van der Waals surface area contributed by atoms with Gasteiger partial charge >= 0.3 is 6.01 Å². The Morgan fingerprint density at radius 2 is 2.02 bits per heavy atom. The Morgan fingerprint density at radius 1 is 1.18 bits per heavy atom. The molecular weight excluding hydrogens is 513 g/mol. The van der Waals surface area contributed by atoms with Crippen LogP contribution in [0.25, 0.3) is 10.8 Å². The molecule has 212 valence electrons. The molecular formula is C30H36FN5O4. The van der Waals surface area contributed by atoms with Crippen molar-refractivity contribution in [1.82, 2.24) is 14.9 Å². The van der Waals surface area contributed by atoms with Crippen molar-refractivity contribution >= 4 is 28.2 Å². The van der Waals surface area contributed by atoms with Gasteiger partial charge in [0.1, 0.15) is 29.1 Å². The van der Waals surface area contributed by atoms with Crippen molar-refractivity contribution in [2.45, 2.75) is 58.2 Å². The first-order valence-electron chi connectivity index (χ1n) is 14.2. The molecule has 40 heavy (non-hydrogen) atoms. The summed E-state index contributed by atoms with van der Waals surface area (Å²) in [5.41, 5.74) is 1.95. The highest BCUT2D eigenvalue weighted by Crippen LogP contribution is 2.41. The molecule has 2 atom stereocenters. The van der Waals surface area contributed by atoms with Gasteiger partial charge in [0, 0.05) is 37.2 Å². The fourth-order valence-electron chi connectivity index (χ4n) is 6.40. The van der Waals surface area contributed by atoms with Crippen LogP contribution in [-0.4, -0.2) is 77.9 Å². The summed E-state index contributed by atoms with van der Waals surface area (Å²) in [6.45, 7) is 7.59. The topological polar surface area (TPSA) is 91.3 Å². The Hall–Kier alpha value is -3.50. The highest BCUT2D eigenvalue weighted by Gasteiger charge is 2.38. The van der Waals surface area contributed by atoms with E-state index in [0.29, 0.717) is 71.8 Å². The number of fused-ring (bicyclic) bond motifs is 2. The Balaban J connectivity index is 1.44. The number of likely N-dealkylation sites (N-methyl/N-ethyl adjacent to an activating group) is 1. The first-order chi connectivity index (χ1) is 19.4. The molecule has 2 saturated heterocycles. The standard InChI is InChI=1S/C30H36FN5O4/c1-4-21-22(31)9-8-19-15-20(37)16-25(26(19)21)36-17-23-27(29(36)38)28(35-11-6-13-39-14-12-35)33-30(32-23)40-18(2)24-7-5-10-34(24)3/h8-9,15-16,18,24,37H,4-7,10-14,17H2,1-3H3/t18?,24-/m0/s1. The fraction of sp³-hybridized carbons (Fsp3) is 0.500. The number of phenolic OH excluding ortho intramolecular Hbond substituents is 1. The van der Waals surface area contributed by atoms with Crippen LogP contribution in [0.1, 0.15) is 54.7 Å². The van der Waals surface area contributed by atoms with Crippen molar-refractivity contribution < 1.29 is 23.8 Å². The number of carbonyl (C=O) groups is 1. The summed E-state index contributed by atoms with van der Waals surface area (Å²) < 4.78 is 26.9. The van der Waals surface area contributed by atoms with Crippen molar-refractivity contribution in [2.75, 3.05) is 49.7 Å². The van der Waals surface area contributed by atoms with Crippen molar-refractivity contribution in [2.24, 2.45) is 0 Å². The van der Waals surface area contributed by atoms with Crippen LogP contribution in [0.3, 0.4) is 0 Å². The predicted octanol–water partition coefficient (Wildman–Crippen LogP) is 4.29. The summed E-state index contributed by atoms with van der Waals surface area (Å²) in [6, 6.07) is 6.70. The number of halogens is 1. The molecule has 2 fully saturated rings. The highest BCUT2D eigenvalue weighted by atomic mass is 19.1. The zero-order valence-corrected chi connectivity index (χ0v) is 23.3. The van der Waals surface area contributed by atoms with Crippen LogP contribution in [0.15, 0.2) is 24.3 Å². The van der Waals surface area contributed by atoms with E-state index in [1.54, 1.807) is 17.0 Å². The van der Waals surface area contributed by atoms with Crippen LogP contribution >= 0.6 is 0 Å². The monoisotopic (exact) mass is 549 g/mol. The molecule has 1 aromatic heterocycles. The molecule has 3 aliphatic heterocycles. The maximum Gasteiger partial charge on any atom is 0.319 e. The number of benzene rings is 2. The molecule has 1 unspecified atom stereocenters. The number of anilines is 2.